The summed E-state index contributed by atoms with van der Waals surface area (Å²) in [5.74, 6) is -0.994. The molecule has 0 aliphatic rings. The summed E-state index contributed by atoms with van der Waals surface area (Å²) in [4.78, 5) is 2.03. The van der Waals surface area contributed by atoms with Crippen molar-refractivity contribution in [3.05, 3.63) is 234 Å². The van der Waals surface area contributed by atoms with Crippen molar-refractivity contribution < 1.29 is 8.78 Å². The van der Waals surface area contributed by atoms with Gasteiger partial charge in [0, 0.05) is 32.7 Å². The number of hydrogen-bond acceptors (Lipinski definition) is 1. The molecule has 0 aliphatic carbocycles. The zero-order valence-corrected chi connectivity index (χ0v) is 33.0. The van der Waals surface area contributed by atoms with Crippen LogP contribution in [0.2, 0.25) is 0 Å². The molecule has 1 nitrogen and oxygen atoms in total. The molecule has 0 aliphatic heterocycles. The van der Waals surface area contributed by atoms with Gasteiger partial charge in [0.15, 0.2) is 0 Å². The van der Waals surface area contributed by atoms with Gasteiger partial charge in [-0.1, -0.05) is 174 Å². The topological polar surface area (TPSA) is 3.24 Å². The summed E-state index contributed by atoms with van der Waals surface area (Å²) in [5.41, 5.74) is 13.4. The smallest absolute Gasteiger partial charge is 0.133 e. The van der Waals surface area contributed by atoms with E-state index in [0.717, 1.165) is 60.4 Å². The predicted octanol–water partition coefficient (Wildman–Crippen LogP) is 16.2. The molecule has 9 aromatic rings. The van der Waals surface area contributed by atoms with E-state index < -0.39 is 11.6 Å². The van der Waals surface area contributed by atoms with Crippen molar-refractivity contribution >= 4 is 33.0 Å². The fourth-order valence-corrected chi connectivity index (χ4v) is 7.71. The maximum atomic E-state index is 16.3. The quantitative estimate of drug-likeness (QED) is 0.140. The summed E-state index contributed by atoms with van der Waals surface area (Å²) in [6.07, 6.45) is 0. The second-order valence-corrected chi connectivity index (χ2v) is 15.1. The normalized spacial score (nSPS) is 11.0. The van der Waals surface area contributed by atoms with Gasteiger partial charge in [-0.2, -0.15) is 0 Å². The average Bonchev–Trinajstić information content (AvgIpc) is 3.28. The van der Waals surface area contributed by atoms with E-state index in [9.17, 15) is 0 Å². The average molecular weight is 817 g/mol. The Morgan fingerprint density at radius 1 is 0.276 bits per heavy atom. The van der Waals surface area contributed by atoms with Gasteiger partial charge in [0.25, 0.3) is 0 Å². The van der Waals surface area contributed by atoms with E-state index in [4.69, 9.17) is 0 Å². The molecule has 0 saturated carbocycles. The third-order valence-corrected chi connectivity index (χ3v) is 11.1. The standard InChI is InChI=1S/C54H36BrF2N/c55-47-26-19-45(20-27-47)46-25-33-51(53(56)35-46)52-34-32-50(36-54(52)57)58(48-28-21-43(22-29-48)41-15-11-39(12-16-41)37-7-3-1-4-8-37)49-30-23-44(24-31-49)42-17-13-40(14-18-42)38-9-5-2-6-10-38/h1-36H. The number of hydrogen-bond donors (Lipinski definition) is 0. The molecule has 0 unspecified atom stereocenters. The van der Waals surface area contributed by atoms with Gasteiger partial charge in [0.2, 0.25) is 0 Å². The molecule has 0 spiro atoms. The van der Waals surface area contributed by atoms with Crippen molar-refractivity contribution in [2.24, 2.45) is 0 Å². The Balaban J connectivity index is 1.04. The van der Waals surface area contributed by atoms with Crippen LogP contribution < -0.4 is 4.90 Å². The highest BCUT2D eigenvalue weighted by Gasteiger charge is 2.18. The van der Waals surface area contributed by atoms with Crippen LogP contribution in [0.15, 0.2) is 223 Å². The van der Waals surface area contributed by atoms with Gasteiger partial charge in [-0.3, -0.25) is 0 Å². The first kappa shape index (κ1) is 36.7. The van der Waals surface area contributed by atoms with Crippen molar-refractivity contribution in [1.82, 2.24) is 0 Å². The van der Waals surface area contributed by atoms with Crippen LogP contribution in [0.4, 0.5) is 25.8 Å². The molecule has 0 aromatic heterocycles. The molecule has 0 atom stereocenters. The van der Waals surface area contributed by atoms with E-state index >= 15 is 8.78 Å². The highest BCUT2D eigenvalue weighted by Crippen LogP contribution is 2.40. The molecule has 0 bridgehead atoms. The lowest BCUT2D eigenvalue weighted by Crippen LogP contribution is -2.10. The Kier molecular flexibility index (Phi) is 10.3. The Morgan fingerprint density at radius 2 is 0.569 bits per heavy atom. The molecule has 0 radical (unpaired) electrons. The number of rotatable bonds is 9. The van der Waals surface area contributed by atoms with Gasteiger partial charge in [0.1, 0.15) is 11.6 Å². The Morgan fingerprint density at radius 3 is 0.966 bits per heavy atom. The van der Waals surface area contributed by atoms with Crippen molar-refractivity contribution in [2.75, 3.05) is 4.90 Å². The SMILES string of the molecule is Fc1cc(-c2ccc(Br)cc2)ccc1-c1ccc(N(c2ccc(-c3ccc(-c4ccccc4)cc3)cc2)c2ccc(-c3ccc(-c4ccccc4)cc3)cc2)cc1F. The predicted molar refractivity (Wildman–Crippen MR) is 241 cm³/mol. The maximum Gasteiger partial charge on any atom is 0.133 e. The van der Waals surface area contributed by atoms with Crippen LogP contribution in [0.1, 0.15) is 0 Å². The number of anilines is 3. The first-order valence-corrected chi connectivity index (χ1v) is 19.9. The van der Waals surface area contributed by atoms with Gasteiger partial charge in [0.05, 0.1) is 0 Å². The lowest BCUT2D eigenvalue weighted by atomic mass is 9.98. The molecule has 0 saturated heterocycles. The molecule has 278 valence electrons. The van der Waals surface area contributed by atoms with Crippen LogP contribution in [0, 0.1) is 11.6 Å². The summed E-state index contributed by atoms with van der Waals surface area (Å²) < 4.78 is 32.9. The fraction of sp³-hybridized carbons (Fsp3) is 0. The zero-order valence-electron chi connectivity index (χ0n) is 31.4. The Bertz CT molecular complexity index is 2680. The molecule has 0 amide bonds. The van der Waals surface area contributed by atoms with Crippen molar-refractivity contribution in [3.8, 4) is 66.8 Å². The van der Waals surface area contributed by atoms with Crippen LogP contribution in [0.5, 0.6) is 0 Å². The lowest BCUT2D eigenvalue weighted by molar-refractivity contribution is 0.616. The fourth-order valence-electron chi connectivity index (χ4n) is 7.44. The van der Waals surface area contributed by atoms with Crippen LogP contribution in [0.25, 0.3) is 66.8 Å². The highest BCUT2D eigenvalue weighted by molar-refractivity contribution is 9.10. The van der Waals surface area contributed by atoms with Crippen molar-refractivity contribution in [1.29, 1.82) is 0 Å². The molecule has 0 fully saturated rings. The van der Waals surface area contributed by atoms with Gasteiger partial charge in [-0.25, -0.2) is 8.78 Å². The van der Waals surface area contributed by atoms with Gasteiger partial charge in [-0.05, 0) is 116 Å². The molecule has 0 N–H and O–H groups in total. The van der Waals surface area contributed by atoms with E-state index in [0.29, 0.717) is 5.69 Å². The molecular formula is C54H36BrF2N. The molecular weight excluding hydrogens is 781 g/mol. The van der Waals surface area contributed by atoms with Gasteiger partial charge < -0.3 is 4.90 Å². The lowest BCUT2D eigenvalue weighted by Gasteiger charge is -2.26. The number of benzene rings is 9. The highest BCUT2D eigenvalue weighted by atomic mass is 79.9. The van der Waals surface area contributed by atoms with Crippen LogP contribution in [-0.2, 0) is 0 Å². The summed E-state index contributed by atoms with van der Waals surface area (Å²) in [7, 11) is 0. The minimum Gasteiger partial charge on any atom is -0.310 e. The monoisotopic (exact) mass is 815 g/mol. The maximum absolute atomic E-state index is 16.3. The molecule has 58 heavy (non-hydrogen) atoms. The molecule has 0 heterocycles. The number of nitrogens with zero attached hydrogens (tertiary/aromatic N) is 1. The van der Waals surface area contributed by atoms with Crippen LogP contribution in [0.3, 0.4) is 0 Å². The second kappa shape index (κ2) is 16.3. The third-order valence-electron chi connectivity index (χ3n) is 10.5. The van der Waals surface area contributed by atoms with E-state index in [1.165, 1.54) is 23.3 Å². The number of halogens is 3. The largest absolute Gasteiger partial charge is 0.310 e. The molecule has 9 aromatic carbocycles. The third kappa shape index (κ3) is 7.75. The zero-order chi connectivity index (χ0) is 39.4. The first-order valence-electron chi connectivity index (χ1n) is 19.1. The van der Waals surface area contributed by atoms with Crippen molar-refractivity contribution in [2.45, 2.75) is 0 Å². The van der Waals surface area contributed by atoms with Crippen LogP contribution in [-0.4, -0.2) is 0 Å². The summed E-state index contributed by atoms with van der Waals surface area (Å²) in [6, 6.07) is 72.0. The summed E-state index contributed by atoms with van der Waals surface area (Å²) in [6.45, 7) is 0. The van der Waals surface area contributed by atoms with Gasteiger partial charge >= 0.3 is 0 Å². The molecule has 4 heteroatoms. The van der Waals surface area contributed by atoms with E-state index in [1.807, 2.05) is 77.7 Å². The first-order chi connectivity index (χ1) is 28.5. The minimum atomic E-state index is -0.511. The van der Waals surface area contributed by atoms with E-state index in [2.05, 4.69) is 137 Å². The van der Waals surface area contributed by atoms with E-state index in [1.54, 1.807) is 12.1 Å². The van der Waals surface area contributed by atoms with Crippen molar-refractivity contribution in [3.63, 3.8) is 0 Å². The minimum absolute atomic E-state index is 0.201. The second-order valence-electron chi connectivity index (χ2n) is 14.2. The Labute approximate surface area is 346 Å². The summed E-state index contributed by atoms with van der Waals surface area (Å²) >= 11 is 3.45. The van der Waals surface area contributed by atoms with E-state index in [-0.39, 0.29) is 11.1 Å². The molecule has 9 rings (SSSR count). The van der Waals surface area contributed by atoms with Gasteiger partial charge in [-0.15, -0.1) is 0 Å². The van der Waals surface area contributed by atoms with Crippen LogP contribution >= 0.6 is 15.9 Å². The Hall–Kier alpha value is -6.88. The summed E-state index contributed by atoms with van der Waals surface area (Å²) in [5, 5.41) is 0.